The van der Waals surface area contributed by atoms with Crippen LogP contribution in [-0.4, -0.2) is 27.2 Å². The van der Waals surface area contributed by atoms with Crippen molar-refractivity contribution >= 4 is 27.0 Å². The minimum absolute atomic E-state index is 0.0200. The zero-order valence-corrected chi connectivity index (χ0v) is 12.4. The molecule has 0 saturated carbocycles. The van der Waals surface area contributed by atoms with Crippen molar-refractivity contribution in [2.45, 2.75) is 10.6 Å². The molecule has 0 saturated heterocycles. The fraction of sp³-hybridized carbons (Fsp3) is 0.231. The van der Waals surface area contributed by atoms with Crippen molar-refractivity contribution < 1.29 is 17.9 Å². The standard InChI is InChI=1S/C13H14FNO3S2/c1-15(11-4-2-10(14)3-5-11)20(17,18)13-7-6-12(19-13)8-9-16/h2-7,16H,8-9H2,1H3. The van der Waals surface area contributed by atoms with Gasteiger partial charge in [-0.1, -0.05) is 0 Å². The Morgan fingerprint density at radius 1 is 1.20 bits per heavy atom. The Balaban J connectivity index is 2.30. The summed E-state index contributed by atoms with van der Waals surface area (Å²) in [6.07, 6.45) is 0.431. The number of thiophene rings is 1. The molecule has 1 N–H and O–H groups in total. The van der Waals surface area contributed by atoms with Crippen molar-refractivity contribution in [3.8, 4) is 0 Å². The molecule has 0 spiro atoms. The van der Waals surface area contributed by atoms with Gasteiger partial charge in [-0.25, -0.2) is 12.8 Å². The lowest BCUT2D eigenvalue weighted by Gasteiger charge is -2.18. The molecule has 0 amide bonds. The number of nitrogens with zero attached hydrogens (tertiary/aromatic N) is 1. The zero-order valence-electron chi connectivity index (χ0n) is 10.8. The zero-order chi connectivity index (χ0) is 14.8. The summed E-state index contributed by atoms with van der Waals surface area (Å²) in [5, 5.41) is 8.86. The third kappa shape index (κ3) is 3.00. The monoisotopic (exact) mass is 315 g/mol. The molecule has 2 aromatic rings. The second kappa shape index (κ2) is 5.90. The average molecular weight is 315 g/mol. The molecule has 0 aliphatic rings. The molecule has 0 fully saturated rings. The third-order valence-electron chi connectivity index (χ3n) is 2.80. The Morgan fingerprint density at radius 3 is 2.45 bits per heavy atom. The lowest BCUT2D eigenvalue weighted by molar-refractivity contribution is 0.300. The van der Waals surface area contributed by atoms with Gasteiger partial charge >= 0.3 is 0 Å². The number of hydrogen-bond donors (Lipinski definition) is 1. The van der Waals surface area contributed by atoms with Gasteiger partial charge in [0.2, 0.25) is 0 Å². The summed E-state index contributed by atoms with van der Waals surface area (Å²) < 4.78 is 39.0. The van der Waals surface area contributed by atoms with E-state index in [0.717, 1.165) is 20.5 Å². The lowest BCUT2D eigenvalue weighted by atomic mass is 10.3. The van der Waals surface area contributed by atoms with Crippen molar-refractivity contribution in [3.05, 3.63) is 47.1 Å². The smallest absolute Gasteiger partial charge is 0.273 e. The molecule has 108 valence electrons. The van der Waals surface area contributed by atoms with Crippen molar-refractivity contribution in [1.82, 2.24) is 0 Å². The molecule has 1 aromatic carbocycles. The molecule has 7 heteroatoms. The highest BCUT2D eigenvalue weighted by Crippen LogP contribution is 2.27. The predicted octanol–water partition coefficient (Wildman–Crippen LogP) is 2.25. The largest absolute Gasteiger partial charge is 0.396 e. The second-order valence-corrected chi connectivity index (χ2v) is 7.51. The summed E-state index contributed by atoms with van der Waals surface area (Å²) in [7, 11) is -2.23. The van der Waals surface area contributed by atoms with Crippen molar-refractivity contribution in [2.24, 2.45) is 0 Å². The van der Waals surface area contributed by atoms with E-state index >= 15 is 0 Å². The van der Waals surface area contributed by atoms with E-state index in [4.69, 9.17) is 5.11 Å². The van der Waals surface area contributed by atoms with E-state index in [-0.39, 0.29) is 10.8 Å². The van der Waals surface area contributed by atoms with Crippen LogP contribution in [0.3, 0.4) is 0 Å². The van der Waals surface area contributed by atoms with E-state index in [1.165, 1.54) is 37.4 Å². The summed E-state index contributed by atoms with van der Waals surface area (Å²) in [5.74, 6) is -0.416. The number of aliphatic hydroxyl groups excluding tert-OH is 1. The minimum atomic E-state index is -3.65. The van der Waals surface area contributed by atoms with Crippen LogP contribution in [0.4, 0.5) is 10.1 Å². The van der Waals surface area contributed by atoms with Gasteiger partial charge in [0.1, 0.15) is 10.0 Å². The van der Waals surface area contributed by atoms with Crippen molar-refractivity contribution in [3.63, 3.8) is 0 Å². The van der Waals surface area contributed by atoms with Gasteiger partial charge in [-0.05, 0) is 36.4 Å². The third-order valence-corrected chi connectivity index (χ3v) is 6.20. The Labute approximate surface area is 121 Å². The first kappa shape index (κ1) is 15.0. The number of aliphatic hydroxyl groups is 1. The van der Waals surface area contributed by atoms with Gasteiger partial charge < -0.3 is 5.11 Å². The van der Waals surface area contributed by atoms with Crippen LogP contribution in [0.2, 0.25) is 0 Å². The molecule has 0 aliphatic carbocycles. The van der Waals surface area contributed by atoms with Crippen LogP contribution < -0.4 is 4.31 Å². The first-order chi connectivity index (χ1) is 9.45. The van der Waals surface area contributed by atoms with Gasteiger partial charge in [0.15, 0.2) is 0 Å². The Bertz CT molecular complexity index is 680. The molecular weight excluding hydrogens is 301 g/mol. The first-order valence-corrected chi connectivity index (χ1v) is 8.15. The predicted molar refractivity (Wildman–Crippen MR) is 77.1 cm³/mol. The number of benzene rings is 1. The average Bonchev–Trinajstić information content (AvgIpc) is 2.88. The van der Waals surface area contributed by atoms with E-state index < -0.39 is 15.8 Å². The molecule has 20 heavy (non-hydrogen) atoms. The molecule has 0 aliphatic heterocycles. The van der Waals surface area contributed by atoms with Crippen molar-refractivity contribution in [1.29, 1.82) is 0 Å². The van der Waals surface area contributed by atoms with Gasteiger partial charge in [-0.2, -0.15) is 0 Å². The van der Waals surface area contributed by atoms with Crippen molar-refractivity contribution in [2.75, 3.05) is 18.0 Å². The first-order valence-electron chi connectivity index (χ1n) is 5.89. The summed E-state index contributed by atoms with van der Waals surface area (Å²) in [5.41, 5.74) is 0.392. The molecule has 1 aromatic heterocycles. The maximum absolute atomic E-state index is 12.9. The van der Waals surface area contributed by atoms with E-state index in [9.17, 15) is 12.8 Å². The summed E-state index contributed by atoms with van der Waals surface area (Å²) in [6, 6.07) is 8.46. The number of rotatable bonds is 5. The molecular formula is C13H14FNO3S2. The number of anilines is 1. The molecule has 1 heterocycles. The Kier molecular flexibility index (Phi) is 4.42. The molecule has 0 atom stereocenters. The molecule has 4 nitrogen and oxygen atoms in total. The molecule has 0 bridgehead atoms. The van der Waals surface area contributed by atoms with Gasteiger partial charge in [0.05, 0.1) is 5.69 Å². The van der Waals surface area contributed by atoms with Gasteiger partial charge in [0.25, 0.3) is 10.0 Å². The summed E-state index contributed by atoms with van der Waals surface area (Å²) in [6.45, 7) is -0.0200. The number of halogens is 1. The second-order valence-electron chi connectivity index (χ2n) is 4.14. The van der Waals surface area contributed by atoms with E-state index in [1.807, 2.05) is 0 Å². The number of sulfonamides is 1. The maximum atomic E-state index is 12.9. The highest BCUT2D eigenvalue weighted by Gasteiger charge is 2.23. The SMILES string of the molecule is CN(c1ccc(F)cc1)S(=O)(=O)c1ccc(CCO)s1. The molecule has 0 radical (unpaired) electrons. The quantitative estimate of drug-likeness (QED) is 0.920. The maximum Gasteiger partial charge on any atom is 0.273 e. The van der Waals surface area contributed by atoms with Crippen LogP contribution in [0.1, 0.15) is 4.88 Å². The summed E-state index contributed by atoms with van der Waals surface area (Å²) in [4.78, 5) is 0.804. The highest BCUT2D eigenvalue weighted by atomic mass is 32.2. The molecule has 0 unspecified atom stereocenters. The highest BCUT2D eigenvalue weighted by molar-refractivity contribution is 7.94. The van der Waals surface area contributed by atoms with Gasteiger partial charge in [-0.3, -0.25) is 4.31 Å². The normalized spacial score (nSPS) is 11.6. The van der Waals surface area contributed by atoms with Crippen LogP contribution in [0.5, 0.6) is 0 Å². The van der Waals surface area contributed by atoms with Gasteiger partial charge in [0, 0.05) is 25.0 Å². The van der Waals surface area contributed by atoms with Crippen LogP contribution in [-0.2, 0) is 16.4 Å². The van der Waals surface area contributed by atoms with E-state index in [1.54, 1.807) is 6.07 Å². The molecule has 2 rings (SSSR count). The van der Waals surface area contributed by atoms with Gasteiger partial charge in [-0.15, -0.1) is 11.3 Å². The van der Waals surface area contributed by atoms with E-state index in [0.29, 0.717) is 12.1 Å². The van der Waals surface area contributed by atoms with Crippen LogP contribution in [0.15, 0.2) is 40.6 Å². The van der Waals surface area contributed by atoms with Crippen LogP contribution in [0.25, 0.3) is 0 Å². The topological polar surface area (TPSA) is 57.6 Å². The minimum Gasteiger partial charge on any atom is -0.396 e. The Hall–Kier alpha value is -1.44. The fourth-order valence-corrected chi connectivity index (χ4v) is 4.38. The lowest BCUT2D eigenvalue weighted by Crippen LogP contribution is -2.25. The Morgan fingerprint density at radius 2 is 1.85 bits per heavy atom. The van der Waals surface area contributed by atoms with Crippen LogP contribution >= 0.6 is 11.3 Å². The van der Waals surface area contributed by atoms with E-state index in [2.05, 4.69) is 0 Å². The number of hydrogen-bond acceptors (Lipinski definition) is 4. The van der Waals surface area contributed by atoms with Crippen LogP contribution in [0, 0.1) is 5.82 Å². The summed E-state index contributed by atoms with van der Waals surface area (Å²) >= 11 is 1.13. The fourth-order valence-electron chi connectivity index (χ4n) is 1.67.